The maximum absolute atomic E-state index is 10.5. The normalized spacial score (nSPS) is 20.4. The molecular formula is C9H9NO2. The van der Waals surface area contributed by atoms with Crippen molar-refractivity contribution in [1.82, 2.24) is 4.98 Å². The summed E-state index contributed by atoms with van der Waals surface area (Å²) in [5, 5.41) is 11.1. The maximum Gasteiger partial charge on any atom is 0.152 e. The molecule has 1 heterocycles. The Morgan fingerprint density at radius 1 is 1.67 bits per heavy atom. The minimum absolute atomic E-state index is 0.0196. The van der Waals surface area contributed by atoms with Gasteiger partial charge < -0.3 is 10.1 Å². The Bertz CT molecular complexity index is 442. The zero-order valence-electron chi connectivity index (χ0n) is 6.66. The van der Waals surface area contributed by atoms with E-state index in [9.17, 15) is 9.90 Å². The van der Waals surface area contributed by atoms with Crippen molar-refractivity contribution in [3.05, 3.63) is 22.3 Å². The Labute approximate surface area is 69.0 Å². The molecule has 1 aromatic heterocycles. The molecule has 0 bridgehead atoms. The SMILES string of the molecule is CC1C=c2[nH]cc(C=O)c2=C1O. The van der Waals surface area contributed by atoms with Crippen molar-refractivity contribution in [1.29, 1.82) is 0 Å². The molecule has 3 nitrogen and oxygen atoms in total. The van der Waals surface area contributed by atoms with Gasteiger partial charge in [0.15, 0.2) is 6.29 Å². The van der Waals surface area contributed by atoms with Crippen molar-refractivity contribution in [3.8, 4) is 0 Å². The molecule has 0 aromatic carbocycles. The first-order valence-corrected chi connectivity index (χ1v) is 3.81. The molecule has 1 atom stereocenters. The molecule has 0 saturated heterocycles. The van der Waals surface area contributed by atoms with Gasteiger partial charge in [0.05, 0.1) is 0 Å². The van der Waals surface area contributed by atoms with Gasteiger partial charge in [-0.25, -0.2) is 0 Å². The first kappa shape index (κ1) is 7.16. The molecule has 0 aliphatic heterocycles. The van der Waals surface area contributed by atoms with Gasteiger partial charge in [-0.05, 0) is 6.08 Å². The lowest BCUT2D eigenvalue weighted by atomic mass is 10.1. The second-order valence-corrected chi connectivity index (χ2v) is 2.99. The average molecular weight is 163 g/mol. The van der Waals surface area contributed by atoms with Crippen molar-refractivity contribution < 1.29 is 9.90 Å². The van der Waals surface area contributed by atoms with E-state index in [1.807, 2.05) is 13.0 Å². The van der Waals surface area contributed by atoms with Crippen molar-refractivity contribution in [3.63, 3.8) is 0 Å². The molecule has 0 spiro atoms. The van der Waals surface area contributed by atoms with Crippen LogP contribution in [0.1, 0.15) is 17.3 Å². The monoisotopic (exact) mass is 163 g/mol. The van der Waals surface area contributed by atoms with Gasteiger partial charge in [-0.15, -0.1) is 0 Å². The fraction of sp³-hybridized carbons (Fsp3) is 0.222. The van der Waals surface area contributed by atoms with Crippen LogP contribution < -0.4 is 10.6 Å². The highest BCUT2D eigenvalue weighted by atomic mass is 16.3. The highest BCUT2D eigenvalue weighted by Crippen LogP contribution is 2.10. The van der Waals surface area contributed by atoms with Crippen molar-refractivity contribution in [2.45, 2.75) is 6.92 Å². The number of aromatic nitrogens is 1. The van der Waals surface area contributed by atoms with Gasteiger partial charge in [0, 0.05) is 28.2 Å². The number of H-pyrrole nitrogens is 1. The Hall–Kier alpha value is -1.51. The van der Waals surface area contributed by atoms with E-state index in [0.717, 1.165) is 11.6 Å². The van der Waals surface area contributed by atoms with Gasteiger partial charge in [-0.3, -0.25) is 4.79 Å². The molecule has 3 heteroatoms. The van der Waals surface area contributed by atoms with Crippen molar-refractivity contribution in [2.24, 2.45) is 5.92 Å². The number of aromatic amines is 1. The summed E-state index contributed by atoms with van der Waals surface area (Å²) < 4.78 is 0. The summed E-state index contributed by atoms with van der Waals surface area (Å²) in [5.41, 5.74) is 0.531. The van der Waals surface area contributed by atoms with Crippen LogP contribution in [-0.4, -0.2) is 16.4 Å². The number of carbonyl (C=O) groups is 1. The number of aliphatic hydroxyl groups excluding tert-OH is 1. The summed E-state index contributed by atoms with van der Waals surface area (Å²) in [6.45, 7) is 1.89. The van der Waals surface area contributed by atoms with Crippen LogP contribution in [0, 0.1) is 5.92 Å². The van der Waals surface area contributed by atoms with Gasteiger partial charge in [0.1, 0.15) is 5.76 Å². The summed E-state index contributed by atoms with van der Waals surface area (Å²) in [4.78, 5) is 13.5. The molecule has 1 aliphatic rings. The molecule has 62 valence electrons. The highest BCUT2D eigenvalue weighted by Gasteiger charge is 2.15. The topological polar surface area (TPSA) is 53.1 Å². The Morgan fingerprint density at radius 3 is 3.08 bits per heavy atom. The van der Waals surface area contributed by atoms with Gasteiger partial charge in [0.25, 0.3) is 0 Å². The van der Waals surface area contributed by atoms with Crippen LogP contribution >= 0.6 is 0 Å². The quantitative estimate of drug-likeness (QED) is 0.569. The molecule has 1 aromatic rings. The van der Waals surface area contributed by atoms with Crippen LogP contribution in [0.5, 0.6) is 0 Å². The molecule has 0 fully saturated rings. The van der Waals surface area contributed by atoms with Crippen LogP contribution in [0.3, 0.4) is 0 Å². The Kier molecular flexibility index (Phi) is 1.33. The first-order chi connectivity index (χ1) is 5.74. The van der Waals surface area contributed by atoms with E-state index >= 15 is 0 Å². The van der Waals surface area contributed by atoms with Gasteiger partial charge >= 0.3 is 0 Å². The molecule has 0 radical (unpaired) electrons. The number of nitrogens with one attached hydrogen (secondary N) is 1. The maximum atomic E-state index is 10.5. The lowest BCUT2D eigenvalue weighted by molar-refractivity contribution is 0.112. The van der Waals surface area contributed by atoms with Crippen molar-refractivity contribution >= 4 is 18.1 Å². The number of hydrogen-bond acceptors (Lipinski definition) is 2. The average Bonchev–Trinajstić information content (AvgIpc) is 2.55. The third-order valence-electron chi connectivity index (χ3n) is 2.17. The van der Waals surface area contributed by atoms with E-state index in [1.165, 1.54) is 0 Å². The third kappa shape index (κ3) is 0.733. The Morgan fingerprint density at radius 2 is 2.42 bits per heavy atom. The van der Waals surface area contributed by atoms with E-state index < -0.39 is 0 Å². The zero-order valence-corrected chi connectivity index (χ0v) is 6.66. The molecule has 1 aliphatic carbocycles. The van der Waals surface area contributed by atoms with E-state index in [-0.39, 0.29) is 11.7 Å². The van der Waals surface area contributed by atoms with E-state index in [2.05, 4.69) is 4.98 Å². The number of carbonyl (C=O) groups excluding carboxylic acids is 1. The predicted octanol–water partition coefficient (Wildman–Crippen LogP) is -0.0764. The van der Waals surface area contributed by atoms with Gasteiger partial charge in [-0.1, -0.05) is 6.92 Å². The highest BCUT2D eigenvalue weighted by molar-refractivity contribution is 5.77. The summed E-state index contributed by atoms with van der Waals surface area (Å²) in [7, 11) is 0. The van der Waals surface area contributed by atoms with Crippen molar-refractivity contribution in [2.75, 3.05) is 0 Å². The van der Waals surface area contributed by atoms with Gasteiger partial charge in [0.2, 0.25) is 0 Å². The fourth-order valence-corrected chi connectivity index (χ4v) is 1.52. The predicted molar refractivity (Wildman–Crippen MR) is 45.1 cm³/mol. The summed E-state index contributed by atoms with van der Waals surface area (Å²) in [5.74, 6) is 0.305. The largest absolute Gasteiger partial charge is 0.511 e. The Balaban J connectivity index is 2.89. The van der Waals surface area contributed by atoms with Crippen LogP contribution in [0.25, 0.3) is 11.8 Å². The van der Waals surface area contributed by atoms with Crippen LogP contribution in [-0.2, 0) is 0 Å². The minimum Gasteiger partial charge on any atom is -0.511 e. The molecule has 2 N–H and O–H groups in total. The zero-order chi connectivity index (χ0) is 8.72. The number of aldehydes is 1. The van der Waals surface area contributed by atoms with E-state index in [4.69, 9.17) is 0 Å². The second-order valence-electron chi connectivity index (χ2n) is 2.99. The summed E-state index contributed by atoms with van der Waals surface area (Å²) in [6.07, 6.45) is 4.26. The molecule has 2 rings (SSSR count). The molecule has 12 heavy (non-hydrogen) atoms. The minimum atomic E-state index is 0.0196. The lowest BCUT2D eigenvalue weighted by Gasteiger charge is -1.97. The van der Waals surface area contributed by atoms with E-state index in [0.29, 0.717) is 10.8 Å². The number of fused-ring (bicyclic) bond motifs is 1. The molecule has 1 unspecified atom stereocenters. The second kappa shape index (κ2) is 2.24. The smallest absolute Gasteiger partial charge is 0.152 e. The molecule has 0 saturated carbocycles. The lowest BCUT2D eigenvalue weighted by Crippen LogP contribution is -2.23. The first-order valence-electron chi connectivity index (χ1n) is 3.81. The van der Waals surface area contributed by atoms with E-state index in [1.54, 1.807) is 6.20 Å². The van der Waals surface area contributed by atoms with Gasteiger partial charge in [-0.2, -0.15) is 0 Å². The number of hydrogen-bond donors (Lipinski definition) is 2. The fourth-order valence-electron chi connectivity index (χ4n) is 1.52. The standard InChI is InChI=1S/C9H9NO2/c1-5-2-7-8(9(5)12)6(4-11)3-10-7/h2-5,10,12H,1H3. The van der Waals surface area contributed by atoms with Crippen LogP contribution in [0.4, 0.5) is 0 Å². The summed E-state index contributed by atoms with van der Waals surface area (Å²) in [6, 6.07) is 0. The molecular weight excluding hydrogens is 154 g/mol. The van der Waals surface area contributed by atoms with Crippen LogP contribution in [0.2, 0.25) is 0 Å². The summed E-state index contributed by atoms with van der Waals surface area (Å²) >= 11 is 0. The third-order valence-corrected chi connectivity index (χ3v) is 2.17. The number of aliphatic hydroxyl groups is 1. The number of rotatable bonds is 1. The molecule has 0 amide bonds. The van der Waals surface area contributed by atoms with Crippen LogP contribution in [0.15, 0.2) is 6.20 Å².